The van der Waals surface area contributed by atoms with Crippen LogP contribution in [0.2, 0.25) is 5.02 Å². The van der Waals surface area contributed by atoms with Crippen LogP contribution < -0.4 is 15.4 Å². The van der Waals surface area contributed by atoms with Gasteiger partial charge in [0, 0.05) is 23.9 Å². The summed E-state index contributed by atoms with van der Waals surface area (Å²) in [5, 5.41) is 7.00. The highest BCUT2D eigenvalue weighted by molar-refractivity contribution is 7.90. The first-order chi connectivity index (χ1) is 11.7. The molecule has 1 aromatic carbocycles. The molecule has 0 aliphatic heterocycles. The Labute approximate surface area is 155 Å². The van der Waals surface area contributed by atoms with Crippen molar-refractivity contribution in [3.05, 3.63) is 29.3 Å². The summed E-state index contributed by atoms with van der Waals surface area (Å²) in [4.78, 5) is 4.50. The summed E-state index contributed by atoms with van der Waals surface area (Å²) in [7, 11) is -2.96. The Morgan fingerprint density at radius 3 is 2.68 bits per heavy atom. The number of ether oxygens (including phenoxy) is 1. The van der Waals surface area contributed by atoms with E-state index in [2.05, 4.69) is 15.6 Å². The van der Waals surface area contributed by atoms with E-state index in [1.807, 2.05) is 32.9 Å². The predicted molar refractivity (Wildman–Crippen MR) is 104 cm³/mol. The maximum absolute atomic E-state index is 11.3. The molecule has 8 heteroatoms. The smallest absolute Gasteiger partial charge is 0.191 e. The molecule has 0 aromatic heterocycles. The zero-order valence-electron chi connectivity index (χ0n) is 15.3. The summed E-state index contributed by atoms with van der Waals surface area (Å²) >= 11 is 5.95. The Hall–Kier alpha value is -1.47. The van der Waals surface area contributed by atoms with Gasteiger partial charge in [-0.05, 0) is 45.4 Å². The number of sulfone groups is 1. The fourth-order valence-electron chi connectivity index (χ4n) is 2.05. The molecule has 1 aromatic rings. The van der Waals surface area contributed by atoms with Gasteiger partial charge in [-0.1, -0.05) is 17.7 Å². The van der Waals surface area contributed by atoms with Crippen molar-refractivity contribution in [2.24, 2.45) is 4.99 Å². The minimum Gasteiger partial charge on any atom is -0.489 e. The van der Waals surface area contributed by atoms with Gasteiger partial charge >= 0.3 is 0 Å². The van der Waals surface area contributed by atoms with Crippen molar-refractivity contribution >= 4 is 27.4 Å². The van der Waals surface area contributed by atoms with Gasteiger partial charge in [0.05, 0.1) is 12.3 Å². The lowest BCUT2D eigenvalue weighted by Gasteiger charge is -2.19. The normalized spacial score (nSPS) is 14.7. The summed E-state index contributed by atoms with van der Waals surface area (Å²) in [5.41, 5.74) is 0. The third kappa shape index (κ3) is 10.2. The molecule has 0 heterocycles. The minimum absolute atomic E-state index is 0.00307. The summed E-state index contributed by atoms with van der Waals surface area (Å²) in [6.07, 6.45) is 1.64. The second kappa shape index (κ2) is 10.5. The van der Waals surface area contributed by atoms with Gasteiger partial charge in [0.1, 0.15) is 21.7 Å². The van der Waals surface area contributed by atoms with Gasteiger partial charge in [-0.3, -0.25) is 0 Å². The third-order valence-electron chi connectivity index (χ3n) is 3.29. The summed E-state index contributed by atoms with van der Waals surface area (Å²) in [6, 6.07) is 7.24. The molecule has 0 amide bonds. The lowest BCUT2D eigenvalue weighted by Crippen LogP contribution is -2.43. The monoisotopic (exact) mass is 389 g/mol. The number of halogens is 1. The molecule has 0 radical (unpaired) electrons. The Morgan fingerprint density at radius 2 is 2.08 bits per heavy atom. The number of rotatable bonds is 9. The number of nitrogens with one attached hydrogen (secondary N) is 2. The van der Waals surface area contributed by atoms with Crippen molar-refractivity contribution in [3.8, 4) is 5.75 Å². The van der Waals surface area contributed by atoms with Gasteiger partial charge in [-0.2, -0.15) is 0 Å². The van der Waals surface area contributed by atoms with E-state index in [9.17, 15) is 8.42 Å². The molecule has 2 unspecified atom stereocenters. The maximum atomic E-state index is 11.3. The van der Waals surface area contributed by atoms with E-state index in [4.69, 9.17) is 16.3 Å². The van der Waals surface area contributed by atoms with Gasteiger partial charge in [0.2, 0.25) is 0 Å². The van der Waals surface area contributed by atoms with Crippen LogP contribution in [0.25, 0.3) is 0 Å². The molecule has 0 saturated carbocycles. The van der Waals surface area contributed by atoms with Crippen molar-refractivity contribution in [1.82, 2.24) is 10.6 Å². The molecule has 1 rings (SSSR count). The first-order valence-electron chi connectivity index (χ1n) is 8.34. The largest absolute Gasteiger partial charge is 0.489 e. The average molecular weight is 390 g/mol. The second-order valence-corrected chi connectivity index (χ2v) is 8.77. The van der Waals surface area contributed by atoms with Crippen molar-refractivity contribution < 1.29 is 13.2 Å². The number of hydrogen-bond donors (Lipinski definition) is 2. The SMILES string of the molecule is CCNC(=NCC(C)Oc1cccc(Cl)c1)NC(C)CCS(C)(=O)=O. The van der Waals surface area contributed by atoms with Crippen LogP contribution in [0, 0.1) is 0 Å². The standard InChI is InChI=1S/C17H28ClN3O3S/c1-5-19-17(21-13(2)9-10-25(4,22)23)20-12-14(3)24-16-8-6-7-15(18)11-16/h6-8,11,13-14H,5,9-10,12H2,1-4H3,(H2,19,20,21). The summed E-state index contributed by atoms with van der Waals surface area (Å²) in [5.74, 6) is 1.49. The van der Waals surface area contributed by atoms with Gasteiger partial charge < -0.3 is 15.4 Å². The van der Waals surface area contributed by atoms with E-state index >= 15 is 0 Å². The molecule has 0 spiro atoms. The molecule has 0 saturated heterocycles. The van der Waals surface area contributed by atoms with Crippen molar-refractivity contribution in [3.63, 3.8) is 0 Å². The fraction of sp³-hybridized carbons (Fsp3) is 0.588. The highest BCUT2D eigenvalue weighted by atomic mass is 35.5. The van der Waals surface area contributed by atoms with E-state index in [1.54, 1.807) is 12.1 Å². The van der Waals surface area contributed by atoms with Crippen LogP contribution in [0.1, 0.15) is 27.2 Å². The lowest BCUT2D eigenvalue weighted by molar-refractivity contribution is 0.230. The number of hydrogen-bond acceptors (Lipinski definition) is 4. The van der Waals surface area contributed by atoms with E-state index in [1.165, 1.54) is 6.26 Å². The van der Waals surface area contributed by atoms with Crippen LogP contribution >= 0.6 is 11.6 Å². The van der Waals surface area contributed by atoms with E-state index in [-0.39, 0.29) is 17.9 Å². The fourth-order valence-corrected chi connectivity index (χ4v) is 3.01. The molecule has 0 aliphatic carbocycles. The maximum Gasteiger partial charge on any atom is 0.191 e. The zero-order chi connectivity index (χ0) is 18.9. The topological polar surface area (TPSA) is 79.8 Å². The molecular formula is C17H28ClN3O3S. The molecule has 6 nitrogen and oxygen atoms in total. The number of guanidine groups is 1. The van der Waals surface area contributed by atoms with E-state index in [0.29, 0.717) is 36.2 Å². The number of benzene rings is 1. The highest BCUT2D eigenvalue weighted by Crippen LogP contribution is 2.18. The van der Waals surface area contributed by atoms with Crippen molar-refractivity contribution in [2.45, 2.75) is 39.3 Å². The minimum atomic E-state index is -2.96. The molecule has 25 heavy (non-hydrogen) atoms. The second-order valence-electron chi connectivity index (χ2n) is 6.07. The van der Waals surface area contributed by atoms with Gasteiger partial charge in [0.25, 0.3) is 0 Å². The van der Waals surface area contributed by atoms with Crippen LogP contribution in [0.3, 0.4) is 0 Å². The van der Waals surface area contributed by atoms with Crippen LogP contribution in [-0.2, 0) is 9.84 Å². The van der Waals surface area contributed by atoms with Gasteiger partial charge in [0.15, 0.2) is 5.96 Å². The van der Waals surface area contributed by atoms with Crippen LogP contribution in [0.4, 0.5) is 0 Å². The molecular weight excluding hydrogens is 362 g/mol. The Morgan fingerprint density at radius 1 is 1.36 bits per heavy atom. The molecule has 0 aliphatic rings. The number of nitrogens with zero attached hydrogens (tertiary/aromatic N) is 1. The summed E-state index contributed by atoms with van der Waals surface area (Å²) in [6.45, 7) is 7.02. The number of aliphatic imine (C=N–C) groups is 1. The van der Waals surface area contributed by atoms with E-state index in [0.717, 1.165) is 0 Å². The highest BCUT2D eigenvalue weighted by Gasteiger charge is 2.10. The Bertz CT molecular complexity index is 665. The molecule has 2 N–H and O–H groups in total. The average Bonchev–Trinajstić information content (AvgIpc) is 2.50. The first-order valence-corrected chi connectivity index (χ1v) is 10.8. The first kappa shape index (κ1) is 21.6. The van der Waals surface area contributed by atoms with Crippen LogP contribution in [0.5, 0.6) is 5.75 Å². The van der Waals surface area contributed by atoms with Crippen molar-refractivity contribution in [2.75, 3.05) is 25.1 Å². The molecule has 142 valence electrons. The van der Waals surface area contributed by atoms with Gasteiger partial charge in [-0.25, -0.2) is 13.4 Å². The Balaban J connectivity index is 2.55. The van der Waals surface area contributed by atoms with Crippen LogP contribution in [-0.4, -0.2) is 51.6 Å². The quantitative estimate of drug-likeness (QED) is 0.501. The molecule has 0 fully saturated rings. The Kier molecular flexibility index (Phi) is 9.06. The molecule has 2 atom stereocenters. The molecule has 0 bridgehead atoms. The van der Waals surface area contributed by atoms with E-state index < -0.39 is 9.84 Å². The summed E-state index contributed by atoms with van der Waals surface area (Å²) < 4.78 is 28.3. The van der Waals surface area contributed by atoms with Crippen LogP contribution in [0.15, 0.2) is 29.3 Å². The zero-order valence-corrected chi connectivity index (χ0v) is 16.8. The van der Waals surface area contributed by atoms with Gasteiger partial charge in [-0.15, -0.1) is 0 Å². The lowest BCUT2D eigenvalue weighted by atomic mass is 10.3. The predicted octanol–water partition coefficient (Wildman–Crippen LogP) is 2.49. The third-order valence-corrected chi connectivity index (χ3v) is 4.50. The van der Waals surface area contributed by atoms with Crippen molar-refractivity contribution in [1.29, 1.82) is 0 Å².